The van der Waals surface area contributed by atoms with Crippen LogP contribution in [0.1, 0.15) is 57.7 Å². The van der Waals surface area contributed by atoms with Crippen LogP contribution in [-0.2, 0) is 50.8 Å². The van der Waals surface area contributed by atoms with E-state index in [1.807, 2.05) is 10.7 Å². The number of aromatic nitrogens is 4. The average Bonchev–Trinajstić information content (AvgIpc) is 3.64. The number of rotatable bonds is 5. The van der Waals surface area contributed by atoms with Crippen molar-refractivity contribution in [1.82, 2.24) is 24.2 Å². The lowest BCUT2D eigenvalue weighted by Crippen LogP contribution is -2.38. The van der Waals surface area contributed by atoms with Gasteiger partial charge in [0.25, 0.3) is 11.5 Å². The van der Waals surface area contributed by atoms with Crippen molar-refractivity contribution < 1.29 is 14.7 Å². The van der Waals surface area contributed by atoms with Crippen molar-refractivity contribution in [2.75, 3.05) is 23.3 Å². The fourth-order valence-corrected chi connectivity index (χ4v) is 8.36. The Morgan fingerprint density at radius 3 is 2.73 bits per heavy atom. The fraction of sp³-hybridized carbons (Fsp3) is 0.406. The molecule has 44 heavy (non-hydrogen) atoms. The van der Waals surface area contributed by atoms with Gasteiger partial charge in [-0.2, -0.15) is 5.10 Å². The van der Waals surface area contributed by atoms with Crippen LogP contribution in [0.5, 0.6) is 0 Å². The third kappa shape index (κ3) is 4.72. The molecule has 0 saturated heterocycles. The second-order valence-corrected chi connectivity index (χ2v) is 13.8. The van der Waals surface area contributed by atoms with E-state index in [4.69, 9.17) is 0 Å². The van der Waals surface area contributed by atoms with Gasteiger partial charge >= 0.3 is 0 Å². The van der Waals surface area contributed by atoms with Crippen molar-refractivity contribution in [3.8, 4) is 11.1 Å². The minimum atomic E-state index is -0.323. The van der Waals surface area contributed by atoms with Crippen LogP contribution in [-0.4, -0.2) is 54.2 Å². The van der Waals surface area contributed by atoms with E-state index < -0.39 is 0 Å². The first-order valence-electron chi connectivity index (χ1n) is 14.9. The predicted molar refractivity (Wildman–Crippen MR) is 168 cm³/mol. The number of thiophene rings is 1. The van der Waals surface area contributed by atoms with Gasteiger partial charge in [-0.1, -0.05) is 13.8 Å². The minimum Gasteiger partial charge on any atom is -0.392 e. The van der Waals surface area contributed by atoms with E-state index in [1.54, 1.807) is 59.6 Å². The molecule has 7 rings (SSSR count). The van der Waals surface area contributed by atoms with Crippen LogP contribution in [0.15, 0.2) is 35.4 Å². The Bertz CT molecular complexity index is 1900. The Kier molecular flexibility index (Phi) is 6.74. The summed E-state index contributed by atoms with van der Waals surface area (Å²) in [6, 6.07) is 5.39. The maximum absolute atomic E-state index is 13.8. The van der Waals surface area contributed by atoms with E-state index in [0.29, 0.717) is 60.2 Å². The molecule has 0 radical (unpaired) electrons. The number of aliphatic hydroxyl groups excluding tert-OH is 1. The maximum Gasteiger partial charge on any atom is 0.274 e. The minimum absolute atomic E-state index is 0.0136. The molecule has 2 amide bonds. The standard InChI is InChI=1S/C32H35N7O4S/c1-18(41)37-9-10-39-20(16-37)12-27(35-39)34-25-11-19(15-36(4)30(25)42)21-5-7-33-29(24(21)17-40)38-8-6-22-23-13-32(2,3)14-26(23)44-28(22)31(38)43/h5,7,11-12,15,40H,6,8-10,13-14,16-17H2,1-4H3,(H,34,35). The van der Waals surface area contributed by atoms with Crippen LogP contribution in [0.2, 0.25) is 0 Å². The van der Waals surface area contributed by atoms with E-state index in [0.717, 1.165) is 29.8 Å². The number of nitrogens with zero attached hydrogens (tertiary/aromatic N) is 6. The lowest BCUT2D eigenvalue weighted by atomic mass is 9.89. The molecule has 3 aliphatic rings. The van der Waals surface area contributed by atoms with Crippen molar-refractivity contribution >= 4 is 40.5 Å². The lowest BCUT2D eigenvalue weighted by Gasteiger charge is -2.29. The van der Waals surface area contributed by atoms with Gasteiger partial charge in [-0.3, -0.25) is 24.0 Å². The number of amides is 2. The van der Waals surface area contributed by atoms with Crippen molar-refractivity contribution in [3.05, 3.63) is 73.1 Å². The van der Waals surface area contributed by atoms with Crippen molar-refractivity contribution in [2.24, 2.45) is 12.5 Å². The Balaban J connectivity index is 1.21. The molecule has 1 aliphatic carbocycles. The van der Waals surface area contributed by atoms with Gasteiger partial charge in [0.05, 0.1) is 30.3 Å². The summed E-state index contributed by atoms with van der Waals surface area (Å²) in [5, 5.41) is 18.4. The Hall–Kier alpha value is -4.29. The zero-order valence-electron chi connectivity index (χ0n) is 25.3. The van der Waals surface area contributed by atoms with Gasteiger partial charge in [0.1, 0.15) is 11.5 Å². The Labute approximate surface area is 258 Å². The smallest absolute Gasteiger partial charge is 0.274 e. The highest BCUT2D eigenvalue weighted by atomic mass is 32.1. The van der Waals surface area contributed by atoms with Gasteiger partial charge in [-0.25, -0.2) is 4.98 Å². The molecule has 4 aromatic heterocycles. The number of carbonyl (C=O) groups excluding carboxylic acids is 2. The van der Waals surface area contributed by atoms with E-state index in [1.165, 1.54) is 20.6 Å². The van der Waals surface area contributed by atoms with Gasteiger partial charge < -0.3 is 19.9 Å². The van der Waals surface area contributed by atoms with Gasteiger partial charge in [-0.05, 0) is 53.5 Å². The van der Waals surface area contributed by atoms with Crippen molar-refractivity contribution in [1.29, 1.82) is 0 Å². The summed E-state index contributed by atoms with van der Waals surface area (Å²) in [4.78, 5) is 49.0. The number of aryl methyl sites for hydroxylation is 1. The molecule has 12 heteroatoms. The number of nitrogens with one attached hydrogen (secondary N) is 1. The monoisotopic (exact) mass is 613 g/mol. The number of anilines is 3. The second-order valence-electron chi connectivity index (χ2n) is 12.7. The summed E-state index contributed by atoms with van der Waals surface area (Å²) in [5.41, 5.74) is 5.64. The molecule has 11 nitrogen and oxygen atoms in total. The lowest BCUT2D eigenvalue weighted by molar-refractivity contribution is -0.130. The van der Waals surface area contributed by atoms with Crippen LogP contribution < -0.4 is 15.8 Å². The van der Waals surface area contributed by atoms with E-state index in [2.05, 4.69) is 29.2 Å². The maximum atomic E-state index is 13.8. The molecular weight excluding hydrogens is 578 g/mol. The first kappa shape index (κ1) is 28.5. The zero-order valence-corrected chi connectivity index (χ0v) is 26.1. The van der Waals surface area contributed by atoms with Crippen LogP contribution in [0.3, 0.4) is 0 Å². The predicted octanol–water partition coefficient (Wildman–Crippen LogP) is 3.63. The first-order valence-corrected chi connectivity index (χ1v) is 15.7. The second kappa shape index (κ2) is 10.4. The molecule has 0 aromatic carbocycles. The van der Waals surface area contributed by atoms with E-state index in [-0.39, 0.29) is 29.4 Å². The molecule has 6 heterocycles. The van der Waals surface area contributed by atoms with Crippen LogP contribution >= 0.6 is 11.3 Å². The third-order valence-electron chi connectivity index (χ3n) is 8.97. The van der Waals surface area contributed by atoms with Crippen molar-refractivity contribution in [3.63, 3.8) is 0 Å². The summed E-state index contributed by atoms with van der Waals surface area (Å²) in [7, 11) is 1.67. The number of hydrogen-bond donors (Lipinski definition) is 2. The Morgan fingerprint density at radius 1 is 1.14 bits per heavy atom. The molecule has 2 aliphatic heterocycles. The number of aliphatic hydroxyl groups is 1. The van der Waals surface area contributed by atoms with Crippen LogP contribution in [0.25, 0.3) is 11.1 Å². The Morgan fingerprint density at radius 2 is 1.95 bits per heavy atom. The summed E-state index contributed by atoms with van der Waals surface area (Å²) >= 11 is 1.61. The highest BCUT2D eigenvalue weighted by Crippen LogP contribution is 2.46. The number of fused-ring (bicyclic) bond motifs is 4. The fourth-order valence-electron chi connectivity index (χ4n) is 6.79. The number of carbonyl (C=O) groups is 2. The van der Waals surface area contributed by atoms with E-state index in [9.17, 15) is 19.5 Å². The molecule has 4 aromatic rings. The molecule has 228 valence electrons. The van der Waals surface area contributed by atoms with E-state index >= 15 is 0 Å². The average molecular weight is 614 g/mol. The topological polar surface area (TPSA) is 126 Å². The quantitative estimate of drug-likeness (QED) is 0.352. The SMILES string of the molecule is CC(=O)N1CCn2nc(Nc3cc(-c4ccnc(N5CCc6c(sc7c6CC(C)(C)C7)C5=O)c4CO)cn(C)c3=O)cc2C1. The molecule has 0 atom stereocenters. The molecule has 0 bridgehead atoms. The van der Waals surface area contributed by atoms with Gasteiger partial charge in [0, 0.05) is 61.5 Å². The molecule has 0 spiro atoms. The summed E-state index contributed by atoms with van der Waals surface area (Å²) < 4.78 is 3.33. The largest absolute Gasteiger partial charge is 0.392 e. The van der Waals surface area contributed by atoms with Gasteiger partial charge in [0.15, 0.2) is 5.82 Å². The summed E-state index contributed by atoms with van der Waals surface area (Å²) in [6.45, 7) is 7.90. The third-order valence-corrected chi connectivity index (χ3v) is 10.2. The normalized spacial score (nSPS) is 17.0. The molecule has 2 N–H and O–H groups in total. The molecular formula is C32H35N7O4S. The molecule has 0 unspecified atom stereocenters. The highest BCUT2D eigenvalue weighted by Gasteiger charge is 2.39. The van der Waals surface area contributed by atoms with Gasteiger partial charge in [-0.15, -0.1) is 11.3 Å². The summed E-state index contributed by atoms with van der Waals surface area (Å²) in [6.07, 6.45) is 6.11. The van der Waals surface area contributed by atoms with Crippen molar-refractivity contribution in [2.45, 2.75) is 59.7 Å². The summed E-state index contributed by atoms with van der Waals surface area (Å²) in [5.74, 6) is 0.894. The van der Waals surface area contributed by atoms with Crippen LogP contribution in [0, 0.1) is 5.41 Å². The number of pyridine rings is 2. The number of hydrogen-bond acceptors (Lipinski definition) is 8. The molecule has 0 fully saturated rings. The first-order chi connectivity index (χ1) is 21.0. The van der Waals surface area contributed by atoms with Gasteiger partial charge in [0.2, 0.25) is 5.91 Å². The zero-order chi connectivity index (χ0) is 30.9. The highest BCUT2D eigenvalue weighted by molar-refractivity contribution is 7.14. The van der Waals surface area contributed by atoms with Crippen LogP contribution in [0.4, 0.5) is 17.3 Å². The molecule has 0 saturated carbocycles.